The second-order valence-electron chi connectivity index (χ2n) is 28.0. The summed E-state index contributed by atoms with van der Waals surface area (Å²) in [5.41, 5.74) is 18.2. The zero-order valence-electron chi connectivity index (χ0n) is 56.4. The number of unbranched alkanes of at least 4 members (excludes halogenated alkanes) is 26. The van der Waals surface area contributed by atoms with Crippen LogP contribution in [0.4, 0.5) is 0 Å². The summed E-state index contributed by atoms with van der Waals surface area (Å²) in [6, 6.07) is 11.9. The van der Waals surface area contributed by atoms with E-state index in [0.29, 0.717) is 0 Å². The summed E-state index contributed by atoms with van der Waals surface area (Å²) in [7, 11) is 0. The molecule has 84 heavy (non-hydrogen) atoms. The van der Waals surface area contributed by atoms with Crippen LogP contribution in [0.15, 0.2) is 24.3 Å². The van der Waals surface area contributed by atoms with E-state index in [1.807, 2.05) is 0 Å². The molecule has 0 N–H and O–H groups in total. The van der Waals surface area contributed by atoms with Crippen molar-refractivity contribution < 1.29 is 0 Å². The van der Waals surface area contributed by atoms with Gasteiger partial charge in [0.15, 0.2) is 0 Å². The third kappa shape index (κ3) is 16.5. The van der Waals surface area contributed by atoms with Gasteiger partial charge in [-0.05, 0) is 0 Å². The van der Waals surface area contributed by atoms with Crippen LogP contribution >= 0.6 is 23.5 Å². The molecule has 0 unspecified atom stereocenters. The minimum atomic E-state index is -3.07. The second kappa shape index (κ2) is 36.7. The van der Waals surface area contributed by atoms with Gasteiger partial charge in [-0.25, -0.2) is 0 Å². The van der Waals surface area contributed by atoms with Crippen LogP contribution < -0.4 is 7.16 Å². The van der Waals surface area contributed by atoms with E-state index in [4.69, 9.17) is 17.5 Å². The molecule has 4 nitrogen and oxygen atoms in total. The Labute approximate surface area is 534 Å². The second-order valence-corrected chi connectivity index (χ2v) is 55.3. The quantitative estimate of drug-likeness (QED) is 0.0288. The van der Waals surface area contributed by atoms with Gasteiger partial charge in [0.1, 0.15) is 0 Å². The molecule has 5 aromatic rings. The van der Waals surface area contributed by atoms with E-state index in [1.54, 1.807) is 64.0 Å². The van der Waals surface area contributed by atoms with Gasteiger partial charge in [-0.3, -0.25) is 0 Å². The van der Waals surface area contributed by atoms with E-state index in [1.165, 1.54) is 317 Å². The van der Waals surface area contributed by atoms with Crippen LogP contribution in [0.3, 0.4) is 0 Å². The van der Waals surface area contributed by atoms with Crippen molar-refractivity contribution in [3.05, 3.63) is 46.5 Å². The average molecular weight is 1400 g/mol. The fourth-order valence-corrected chi connectivity index (χ4v) is 51.5. The molecule has 3 aromatic carbocycles. The standard InChI is InChI=1S/C52H72N4S2.6C4H9.2Sn/c1-5-9-13-17-21-25-33-51(34-26-22-18-14-10-6-2)41-29-31-45-49(55-57-53-45)47(41)39-38-44-40(37-43(39)51)48-42(30-32-46-50(48)56-58-54-46)52(44,35-27-23-19-15-11-7-3)36-28-24-20-16-12-8-4;6*1-3-4-2;;/h29-30,37-38H,5-28,33-36H2,1-4H3;6*1,3-4H2,2H3;;. The minimum absolute atomic E-state index is 0.0466. The van der Waals surface area contributed by atoms with Crippen LogP contribution in [0.1, 0.15) is 348 Å². The molecule has 7 rings (SSSR count). The van der Waals surface area contributed by atoms with Crippen molar-refractivity contribution in [1.29, 1.82) is 0 Å². The Morgan fingerprint density at radius 2 is 0.512 bits per heavy atom. The van der Waals surface area contributed by atoms with E-state index in [9.17, 15) is 0 Å². The number of hydrogen-bond donors (Lipinski definition) is 0. The Hall–Kier alpha value is -1.10. The van der Waals surface area contributed by atoms with Crippen LogP contribution in [0.2, 0.25) is 26.6 Å². The molecule has 0 saturated carbocycles. The van der Waals surface area contributed by atoms with Crippen LogP contribution in [0.25, 0.3) is 44.3 Å². The maximum atomic E-state index is 5.67. The van der Waals surface area contributed by atoms with Crippen molar-refractivity contribution in [2.45, 2.75) is 364 Å². The first-order valence-corrected chi connectivity index (χ1v) is 53.5. The molecule has 8 heteroatoms. The molecule has 2 aliphatic carbocycles. The fourth-order valence-electron chi connectivity index (χ4n) is 16.9. The summed E-state index contributed by atoms with van der Waals surface area (Å²) in [5, 5.41) is 0. The summed E-state index contributed by atoms with van der Waals surface area (Å²) >= 11 is -3.04. The Balaban J connectivity index is 1.60. The summed E-state index contributed by atoms with van der Waals surface area (Å²) in [5.74, 6) is 0. The number of aromatic nitrogens is 4. The van der Waals surface area contributed by atoms with E-state index >= 15 is 0 Å². The molecular formula is C76H126N4S2Sn2. The topological polar surface area (TPSA) is 51.6 Å². The van der Waals surface area contributed by atoms with Crippen LogP contribution in [-0.2, 0) is 10.8 Å². The monoisotopic (exact) mass is 1400 g/mol. The Morgan fingerprint density at radius 3 is 0.774 bits per heavy atom. The first kappa shape index (κ1) is 70.4. The van der Waals surface area contributed by atoms with Crippen molar-refractivity contribution >= 4 is 89.4 Å². The molecule has 2 aromatic heterocycles. The van der Waals surface area contributed by atoms with Gasteiger partial charge in [0.25, 0.3) is 0 Å². The number of fused-ring (bicyclic) bond motifs is 10. The average Bonchev–Trinajstić information content (AvgIpc) is 1.53. The summed E-state index contributed by atoms with van der Waals surface area (Å²) < 4.78 is 34.9. The summed E-state index contributed by atoms with van der Waals surface area (Å²) in [4.78, 5) is 0. The van der Waals surface area contributed by atoms with Crippen molar-refractivity contribution in [3.63, 3.8) is 0 Å². The van der Waals surface area contributed by atoms with Crippen molar-refractivity contribution in [1.82, 2.24) is 17.5 Å². The summed E-state index contributed by atoms with van der Waals surface area (Å²) in [6.07, 6.45) is 53.2. The van der Waals surface area contributed by atoms with E-state index in [2.05, 4.69) is 93.5 Å². The molecule has 470 valence electrons. The van der Waals surface area contributed by atoms with Crippen molar-refractivity contribution in [2.75, 3.05) is 0 Å². The van der Waals surface area contributed by atoms with Crippen LogP contribution in [0, 0.1) is 0 Å². The zero-order chi connectivity index (χ0) is 59.7. The first-order valence-electron chi connectivity index (χ1n) is 37.0. The van der Waals surface area contributed by atoms with Crippen LogP contribution in [0.5, 0.6) is 0 Å². The number of benzene rings is 3. The molecule has 0 saturated heterocycles. The Morgan fingerprint density at radius 1 is 0.274 bits per heavy atom. The molecule has 0 fully saturated rings. The molecule has 0 atom stereocenters. The normalized spacial score (nSPS) is 14.3. The van der Waals surface area contributed by atoms with Crippen LogP contribution in [-0.4, -0.2) is 54.2 Å². The van der Waals surface area contributed by atoms with Gasteiger partial charge in [-0.1, -0.05) is 0 Å². The number of rotatable bonds is 48. The van der Waals surface area contributed by atoms with Gasteiger partial charge in [0.05, 0.1) is 0 Å². The van der Waals surface area contributed by atoms with Gasteiger partial charge in [0.2, 0.25) is 0 Å². The van der Waals surface area contributed by atoms with E-state index in [-0.39, 0.29) is 10.8 Å². The molecule has 0 amide bonds. The zero-order valence-corrected chi connectivity index (χ0v) is 63.8. The molecule has 0 aliphatic heterocycles. The molecular weight excluding hydrogens is 1270 g/mol. The predicted octanol–water partition coefficient (Wildman–Crippen LogP) is 25.3. The Kier molecular flexibility index (Phi) is 30.7. The maximum absolute atomic E-state index is 5.67. The summed E-state index contributed by atoms with van der Waals surface area (Å²) in [6.45, 7) is 24.3. The Bertz CT molecular complexity index is 2430. The van der Waals surface area contributed by atoms with Gasteiger partial charge >= 0.3 is 539 Å². The van der Waals surface area contributed by atoms with E-state index in [0.717, 1.165) is 0 Å². The van der Waals surface area contributed by atoms with Crippen molar-refractivity contribution in [3.8, 4) is 22.3 Å². The number of nitrogens with zero attached hydrogens (tertiary/aromatic N) is 4. The molecule has 0 bridgehead atoms. The van der Waals surface area contributed by atoms with Gasteiger partial charge < -0.3 is 0 Å². The third-order valence-electron chi connectivity index (χ3n) is 21.9. The van der Waals surface area contributed by atoms with Gasteiger partial charge in [-0.2, -0.15) is 0 Å². The molecule has 0 spiro atoms. The van der Waals surface area contributed by atoms with Crippen molar-refractivity contribution in [2.24, 2.45) is 0 Å². The van der Waals surface area contributed by atoms with Gasteiger partial charge in [0, 0.05) is 0 Å². The molecule has 2 heterocycles. The number of hydrogen-bond acceptors (Lipinski definition) is 6. The van der Waals surface area contributed by atoms with Gasteiger partial charge in [-0.15, -0.1) is 0 Å². The third-order valence-corrected chi connectivity index (χ3v) is 54.1. The SMILES string of the molecule is CCCCCCCCC1(CCCCCCCC)c2cc3c(cc2-c2c1c[c]([Sn]([CH2]CCC)([CH2]CCC)[CH2]CCC)c1nsnc21)C(CCCCCCCC)(CCCCCCCC)c1c[c]([Sn]([CH2]CCC)([CH2]CCC)[CH2]CCC)c2nsnc2c1-3. The predicted molar refractivity (Wildman–Crippen MR) is 382 cm³/mol. The first-order chi connectivity index (χ1) is 41.2. The molecule has 0 radical (unpaired) electrons. The molecule has 2 aliphatic rings. The fraction of sp³-hybridized carbons (Fsp3) is 0.763. The van der Waals surface area contributed by atoms with E-state index < -0.39 is 36.8 Å².